The third kappa shape index (κ3) is 2.71. The molecule has 1 amide bonds. The third-order valence-corrected chi connectivity index (χ3v) is 4.85. The summed E-state index contributed by atoms with van der Waals surface area (Å²) in [7, 11) is 1.96. The zero-order valence-electron chi connectivity index (χ0n) is 12.6. The van der Waals surface area contributed by atoms with Gasteiger partial charge in [-0.2, -0.15) is 0 Å². The highest BCUT2D eigenvalue weighted by molar-refractivity contribution is 7.12. The number of rotatable bonds is 3. The highest BCUT2D eigenvalue weighted by atomic mass is 32.1. The van der Waals surface area contributed by atoms with E-state index in [9.17, 15) is 9.59 Å². The third-order valence-electron chi connectivity index (χ3n) is 3.93. The van der Waals surface area contributed by atoms with Gasteiger partial charge in [-0.3, -0.25) is 9.59 Å². The molecule has 1 atom stereocenters. The van der Waals surface area contributed by atoms with Crippen LogP contribution in [0.25, 0.3) is 0 Å². The number of hydrogen-bond donors (Lipinski definition) is 0. The van der Waals surface area contributed by atoms with Crippen LogP contribution in [0, 0.1) is 0 Å². The van der Waals surface area contributed by atoms with E-state index in [1.807, 2.05) is 34.8 Å². The molecule has 3 rings (SSSR count). The number of aromatic nitrogens is 1. The Balaban J connectivity index is 1.88. The largest absolute Gasteiger partial charge is 0.377 e. The number of amides is 1. The van der Waals surface area contributed by atoms with Crippen LogP contribution in [-0.4, -0.2) is 40.9 Å². The van der Waals surface area contributed by atoms with Crippen molar-refractivity contribution in [2.24, 2.45) is 7.05 Å². The average molecular weight is 318 g/mol. The van der Waals surface area contributed by atoms with Gasteiger partial charge in [0, 0.05) is 36.4 Å². The van der Waals surface area contributed by atoms with Gasteiger partial charge in [0.2, 0.25) is 0 Å². The van der Waals surface area contributed by atoms with E-state index in [1.165, 1.54) is 18.3 Å². The molecule has 0 aromatic carbocycles. The van der Waals surface area contributed by atoms with Gasteiger partial charge in [-0.25, -0.2) is 0 Å². The second kappa shape index (κ2) is 6.06. The Kier molecular flexibility index (Phi) is 4.13. The average Bonchev–Trinajstić information content (AvgIpc) is 3.15. The predicted molar refractivity (Wildman–Crippen MR) is 84.3 cm³/mol. The summed E-state index contributed by atoms with van der Waals surface area (Å²) in [6.07, 6.45) is 1.96. The van der Waals surface area contributed by atoms with Crippen molar-refractivity contribution in [3.8, 4) is 0 Å². The van der Waals surface area contributed by atoms with Gasteiger partial charge >= 0.3 is 0 Å². The number of carbonyl (C=O) groups is 2. The number of hydrogen-bond acceptors (Lipinski definition) is 4. The Bertz CT molecular complexity index is 704. The lowest BCUT2D eigenvalue weighted by Crippen LogP contribution is -2.43. The fourth-order valence-electron chi connectivity index (χ4n) is 2.69. The molecule has 0 saturated carbocycles. The van der Waals surface area contributed by atoms with Crippen LogP contribution in [-0.2, 0) is 11.8 Å². The van der Waals surface area contributed by atoms with Crippen LogP contribution in [0.15, 0.2) is 29.8 Å². The summed E-state index contributed by atoms with van der Waals surface area (Å²) in [6.45, 7) is 3.10. The lowest BCUT2D eigenvalue weighted by atomic mass is 10.1. The van der Waals surface area contributed by atoms with E-state index in [4.69, 9.17) is 4.74 Å². The molecule has 0 spiro atoms. The van der Waals surface area contributed by atoms with E-state index in [-0.39, 0.29) is 17.7 Å². The molecule has 0 radical (unpaired) electrons. The Morgan fingerprint density at radius 2 is 2.23 bits per heavy atom. The number of nitrogens with zero attached hydrogens (tertiary/aromatic N) is 2. The standard InChI is InChI=1S/C16H18N2O3S/c1-11(19)12-8-15(22-10-12)16(20)18-6-7-21-9-14(18)13-4-3-5-17(13)2/h3-5,8,10,14H,6-7,9H2,1-2H3. The van der Waals surface area contributed by atoms with E-state index >= 15 is 0 Å². The number of carbonyl (C=O) groups excluding carboxylic acids is 2. The molecule has 0 aliphatic carbocycles. The highest BCUT2D eigenvalue weighted by Crippen LogP contribution is 2.28. The smallest absolute Gasteiger partial charge is 0.264 e. The maximum absolute atomic E-state index is 12.8. The van der Waals surface area contributed by atoms with Crippen LogP contribution in [0.4, 0.5) is 0 Å². The minimum atomic E-state index is -0.0934. The molecule has 1 saturated heterocycles. The van der Waals surface area contributed by atoms with Crippen LogP contribution in [0.5, 0.6) is 0 Å². The van der Waals surface area contributed by atoms with Gasteiger partial charge in [0.1, 0.15) is 0 Å². The van der Waals surface area contributed by atoms with Crippen molar-refractivity contribution in [1.29, 1.82) is 0 Å². The van der Waals surface area contributed by atoms with Crippen molar-refractivity contribution in [3.05, 3.63) is 45.9 Å². The topological polar surface area (TPSA) is 51.5 Å². The van der Waals surface area contributed by atoms with E-state index in [2.05, 4.69) is 0 Å². The molecule has 1 fully saturated rings. The van der Waals surface area contributed by atoms with E-state index in [1.54, 1.807) is 11.4 Å². The Hall–Kier alpha value is -1.92. The summed E-state index contributed by atoms with van der Waals surface area (Å²) in [5.41, 5.74) is 1.65. The van der Waals surface area contributed by atoms with E-state index in [0.717, 1.165) is 5.69 Å². The fourth-order valence-corrected chi connectivity index (χ4v) is 3.59. The second-order valence-corrected chi connectivity index (χ2v) is 6.30. The minimum Gasteiger partial charge on any atom is -0.377 e. The maximum Gasteiger partial charge on any atom is 0.264 e. The van der Waals surface area contributed by atoms with Crippen LogP contribution in [0.2, 0.25) is 0 Å². The predicted octanol–water partition coefficient (Wildman–Crippen LogP) is 2.50. The zero-order chi connectivity index (χ0) is 15.7. The number of ether oxygens (including phenoxy) is 1. The number of thiophene rings is 1. The molecule has 5 nitrogen and oxygen atoms in total. The van der Waals surface area contributed by atoms with Gasteiger partial charge in [-0.1, -0.05) is 0 Å². The van der Waals surface area contributed by atoms with Crippen LogP contribution >= 0.6 is 11.3 Å². The molecule has 1 unspecified atom stereocenters. The van der Waals surface area contributed by atoms with E-state index < -0.39 is 0 Å². The quantitative estimate of drug-likeness (QED) is 0.817. The summed E-state index contributed by atoms with van der Waals surface area (Å²) in [4.78, 5) is 26.7. The lowest BCUT2D eigenvalue weighted by Gasteiger charge is -2.35. The zero-order valence-corrected chi connectivity index (χ0v) is 13.4. The normalized spacial score (nSPS) is 18.5. The molecule has 22 heavy (non-hydrogen) atoms. The van der Waals surface area contributed by atoms with Crippen molar-refractivity contribution in [1.82, 2.24) is 9.47 Å². The first-order valence-corrected chi connectivity index (χ1v) is 8.05. The minimum absolute atomic E-state index is 0.0173. The molecule has 3 heterocycles. The number of aryl methyl sites for hydroxylation is 1. The molecule has 6 heteroatoms. The first kappa shape index (κ1) is 15.0. The van der Waals surface area contributed by atoms with E-state index in [0.29, 0.717) is 30.2 Å². The monoisotopic (exact) mass is 318 g/mol. The maximum atomic E-state index is 12.8. The molecule has 2 aromatic rings. The van der Waals surface area contributed by atoms with Crippen molar-refractivity contribution in [2.75, 3.05) is 19.8 Å². The number of ketones is 1. The number of Topliss-reactive ketones (excluding diaryl/α,β-unsaturated/α-hetero) is 1. The molecule has 0 N–H and O–H groups in total. The van der Waals surface area contributed by atoms with Crippen LogP contribution in [0.3, 0.4) is 0 Å². The lowest BCUT2D eigenvalue weighted by molar-refractivity contribution is -0.00437. The van der Waals surface area contributed by atoms with Gasteiger partial charge in [0.15, 0.2) is 5.78 Å². The summed E-state index contributed by atoms with van der Waals surface area (Å²) < 4.78 is 7.57. The van der Waals surface area contributed by atoms with Gasteiger partial charge in [-0.15, -0.1) is 11.3 Å². The van der Waals surface area contributed by atoms with Crippen molar-refractivity contribution < 1.29 is 14.3 Å². The fraction of sp³-hybridized carbons (Fsp3) is 0.375. The summed E-state index contributed by atoms with van der Waals surface area (Å²) in [5.74, 6) is -0.0525. The number of morpholine rings is 1. The summed E-state index contributed by atoms with van der Waals surface area (Å²) in [5, 5.41) is 1.74. The van der Waals surface area contributed by atoms with Crippen LogP contribution < -0.4 is 0 Å². The molecular formula is C16H18N2O3S. The Morgan fingerprint density at radius 3 is 2.86 bits per heavy atom. The molecule has 1 aliphatic heterocycles. The highest BCUT2D eigenvalue weighted by Gasteiger charge is 2.31. The SMILES string of the molecule is CC(=O)c1csc(C(=O)N2CCOCC2c2cccn2C)c1. The summed E-state index contributed by atoms with van der Waals surface area (Å²) in [6, 6.07) is 5.57. The van der Waals surface area contributed by atoms with Gasteiger partial charge in [0.25, 0.3) is 5.91 Å². The first-order valence-electron chi connectivity index (χ1n) is 7.17. The van der Waals surface area contributed by atoms with Crippen molar-refractivity contribution in [3.63, 3.8) is 0 Å². The van der Waals surface area contributed by atoms with Gasteiger partial charge in [0.05, 0.1) is 24.1 Å². The molecule has 116 valence electrons. The van der Waals surface area contributed by atoms with Gasteiger partial charge in [-0.05, 0) is 25.1 Å². The van der Waals surface area contributed by atoms with Crippen molar-refractivity contribution >= 4 is 23.0 Å². The van der Waals surface area contributed by atoms with Gasteiger partial charge < -0.3 is 14.2 Å². The van der Waals surface area contributed by atoms with Crippen LogP contribution in [0.1, 0.15) is 38.7 Å². The second-order valence-electron chi connectivity index (χ2n) is 5.39. The molecule has 1 aliphatic rings. The Morgan fingerprint density at radius 1 is 1.41 bits per heavy atom. The molecule has 0 bridgehead atoms. The first-order chi connectivity index (χ1) is 10.6. The molecular weight excluding hydrogens is 300 g/mol. The Labute approximate surface area is 133 Å². The summed E-state index contributed by atoms with van der Waals surface area (Å²) >= 11 is 1.32. The molecule has 2 aromatic heterocycles. The van der Waals surface area contributed by atoms with Crippen molar-refractivity contribution in [2.45, 2.75) is 13.0 Å².